The van der Waals surface area contributed by atoms with E-state index in [-0.39, 0.29) is 24.7 Å². The number of aromatic nitrogens is 2. The van der Waals surface area contributed by atoms with Gasteiger partial charge in [-0.2, -0.15) is 4.98 Å². The van der Waals surface area contributed by atoms with E-state index in [1.807, 2.05) is 37.3 Å². The van der Waals surface area contributed by atoms with Crippen LogP contribution in [-0.2, 0) is 33.7 Å². The molecule has 0 unspecified atom stereocenters. The summed E-state index contributed by atoms with van der Waals surface area (Å²) in [6, 6.07) is 9.67. The molecule has 7 heteroatoms. The van der Waals surface area contributed by atoms with Crippen molar-refractivity contribution in [3.8, 4) is 0 Å². The number of carbonyl (C=O) groups is 2. The highest BCUT2D eigenvalue weighted by Crippen LogP contribution is 2.10. The lowest BCUT2D eigenvalue weighted by molar-refractivity contribution is -0.142. The Hall–Kier alpha value is -2.70. The number of amides is 1. The third-order valence-corrected chi connectivity index (χ3v) is 3.92. The molecule has 7 nitrogen and oxygen atoms in total. The van der Waals surface area contributed by atoms with Crippen LogP contribution >= 0.6 is 0 Å². The Bertz CT molecular complexity index is 700. The molecule has 0 bridgehead atoms. The second kappa shape index (κ2) is 10.3. The average molecular weight is 359 g/mol. The molecule has 140 valence electrons. The molecule has 1 aromatic heterocycles. The first-order chi connectivity index (χ1) is 12.6. The molecule has 0 aliphatic heterocycles. The zero-order valence-electron chi connectivity index (χ0n) is 15.3. The van der Waals surface area contributed by atoms with Gasteiger partial charge in [-0.25, -0.2) is 0 Å². The molecule has 1 aromatic carbocycles. The van der Waals surface area contributed by atoms with E-state index in [9.17, 15) is 9.59 Å². The van der Waals surface area contributed by atoms with Gasteiger partial charge in [0.1, 0.15) is 0 Å². The fourth-order valence-corrected chi connectivity index (χ4v) is 2.51. The molecule has 26 heavy (non-hydrogen) atoms. The number of hydrogen-bond donors (Lipinski definition) is 0. The van der Waals surface area contributed by atoms with Gasteiger partial charge >= 0.3 is 5.97 Å². The Morgan fingerprint density at radius 3 is 2.62 bits per heavy atom. The zero-order valence-corrected chi connectivity index (χ0v) is 15.3. The van der Waals surface area contributed by atoms with Crippen LogP contribution in [0, 0.1) is 0 Å². The van der Waals surface area contributed by atoms with Crippen LogP contribution in [0.5, 0.6) is 0 Å². The van der Waals surface area contributed by atoms with Gasteiger partial charge < -0.3 is 14.2 Å². The Balaban J connectivity index is 1.95. The molecule has 1 heterocycles. The van der Waals surface area contributed by atoms with Crippen molar-refractivity contribution in [2.24, 2.45) is 0 Å². The molecule has 0 fully saturated rings. The minimum absolute atomic E-state index is 0.0620. The predicted octanol–water partition coefficient (Wildman–Crippen LogP) is 2.55. The summed E-state index contributed by atoms with van der Waals surface area (Å²) in [4.78, 5) is 30.0. The third kappa shape index (κ3) is 6.31. The molecule has 0 spiro atoms. The maximum absolute atomic E-state index is 12.6. The average Bonchev–Trinajstić information content (AvgIpc) is 3.11. The largest absolute Gasteiger partial charge is 0.469 e. The van der Waals surface area contributed by atoms with Crippen LogP contribution in [0.2, 0.25) is 0 Å². The summed E-state index contributed by atoms with van der Waals surface area (Å²) in [6.45, 7) is 2.80. The van der Waals surface area contributed by atoms with Gasteiger partial charge in [0.2, 0.25) is 11.8 Å². The van der Waals surface area contributed by atoms with Crippen LogP contribution in [0.15, 0.2) is 34.9 Å². The number of methoxy groups -OCH3 is 1. The summed E-state index contributed by atoms with van der Waals surface area (Å²) in [7, 11) is 1.34. The summed E-state index contributed by atoms with van der Waals surface area (Å²) in [5.41, 5.74) is 1.01. The fraction of sp³-hybridized carbons (Fsp3) is 0.474. The van der Waals surface area contributed by atoms with Crippen LogP contribution in [0.4, 0.5) is 0 Å². The Kier molecular flexibility index (Phi) is 7.79. The molecular weight excluding hydrogens is 334 g/mol. The smallest absolute Gasteiger partial charge is 0.307 e. The highest BCUT2D eigenvalue weighted by molar-refractivity contribution is 5.77. The van der Waals surface area contributed by atoms with Gasteiger partial charge in [0, 0.05) is 32.4 Å². The Morgan fingerprint density at radius 1 is 1.15 bits per heavy atom. The number of carbonyl (C=O) groups excluding carboxylic acids is 2. The molecule has 0 radical (unpaired) electrons. The number of hydrogen-bond acceptors (Lipinski definition) is 6. The Labute approximate surface area is 153 Å². The van der Waals surface area contributed by atoms with E-state index in [4.69, 9.17) is 4.52 Å². The number of esters is 1. The van der Waals surface area contributed by atoms with Gasteiger partial charge in [-0.15, -0.1) is 0 Å². The first-order valence-electron chi connectivity index (χ1n) is 8.82. The van der Waals surface area contributed by atoms with Crippen molar-refractivity contribution in [1.29, 1.82) is 0 Å². The van der Waals surface area contributed by atoms with Crippen molar-refractivity contribution in [2.45, 2.75) is 45.6 Å². The first-order valence-corrected chi connectivity index (χ1v) is 8.82. The summed E-state index contributed by atoms with van der Waals surface area (Å²) in [5.74, 6) is 0.737. The van der Waals surface area contributed by atoms with Crippen LogP contribution in [-0.4, -0.2) is 40.6 Å². The van der Waals surface area contributed by atoms with Crippen LogP contribution < -0.4 is 0 Å². The van der Waals surface area contributed by atoms with Crippen LogP contribution in [0.25, 0.3) is 0 Å². The number of benzene rings is 1. The minimum Gasteiger partial charge on any atom is -0.469 e. The number of aryl methyl sites for hydroxylation is 2. The Morgan fingerprint density at radius 2 is 1.92 bits per heavy atom. The van der Waals surface area contributed by atoms with Crippen LogP contribution in [0.3, 0.4) is 0 Å². The topological polar surface area (TPSA) is 85.5 Å². The number of rotatable bonds is 10. The second-order valence-corrected chi connectivity index (χ2v) is 5.98. The van der Waals surface area contributed by atoms with Crippen molar-refractivity contribution in [3.05, 3.63) is 47.6 Å². The van der Waals surface area contributed by atoms with Crippen molar-refractivity contribution >= 4 is 11.9 Å². The van der Waals surface area contributed by atoms with Crippen molar-refractivity contribution < 1.29 is 18.8 Å². The zero-order chi connectivity index (χ0) is 18.8. The third-order valence-electron chi connectivity index (χ3n) is 3.92. The monoisotopic (exact) mass is 359 g/mol. The van der Waals surface area contributed by atoms with Crippen molar-refractivity contribution in [2.75, 3.05) is 13.7 Å². The van der Waals surface area contributed by atoms with Gasteiger partial charge in [0.05, 0.1) is 13.5 Å². The van der Waals surface area contributed by atoms with E-state index < -0.39 is 0 Å². The standard InChI is InChI=1S/C19H25N3O4/c1-3-7-16-20-17(26-21-16)10-11-18(23)22(13-12-19(24)25-2)14-15-8-5-4-6-9-15/h4-6,8-9H,3,7,10-14H2,1-2H3. The summed E-state index contributed by atoms with van der Waals surface area (Å²) in [5, 5.41) is 3.89. The van der Waals surface area contributed by atoms with Crippen LogP contribution in [0.1, 0.15) is 43.5 Å². The second-order valence-electron chi connectivity index (χ2n) is 5.98. The molecule has 2 aromatic rings. The highest BCUT2D eigenvalue weighted by Gasteiger charge is 2.17. The van der Waals surface area contributed by atoms with Gasteiger partial charge in [0.25, 0.3) is 0 Å². The molecule has 0 saturated heterocycles. The summed E-state index contributed by atoms with van der Waals surface area (Å²) < 4.78 is 9.85. The minimum atomic E-state index is -0.336. The predicted molar refractivity (Wildman–Crippen MR) is 95.1 cm³/mol. The molecule has 0 N–H and O–H groups in total. The first kappa shape index (κ1) is 19.6. The molecule has 0 atom stereocenters. The van der Waals surface area contributed by atoms with E-state index in [1.54, 1.807) is 4.90 Å². The van der Waals surface area contributed by atoms with E-state index in [0.29, 0.717) is 31.2 Å². The van der Waals surface area contributed by atoms with E-state index >= 15 is 0 Å². The quantitative estimate of drug-likeness (QED) is 0.606. The molecule has 0 aliphatic rings. The van der Waals surface area contributed by atoms with Gasteiger partial charge in [0.15, 0.2) is 5.82 Å². The summed E-state index contributed by atoms with van der Waals surface area (Å²) >= 11 is 0. The van der Waals surface area contributed by atoms with E-state index in [0.717, 1.165) is 18.4 Å². The fourth-order valence-electron chi connectivity index (χ4n) is 2.51. The lowest BCUT2D eigenvalue weighted by Gasteiger charge is -2.22. The van der Waals surface area contributed by atoms with Gasteiger partial charge in [-0.05, 0) is 12.0 Å². The number of ether oxygens (including phenoxy) is 1. The molecule has 0 saturated carbocycles. The van der Waals surface area contributed by atoms with Gasteiger partial charge in [-0.1, -0.05) is 42.4 Å². The SMILES string of the molecule is CCCc1noc(CCC(=O)N(CCC(=O)OC)Cc2ccccc2)n1. The number of nitrogens with zero attached hydrogens (tertiary/aromatic N) is 3. The normalized spacial score (nSPS) is 10.5. The van der Waals surface area contributed by atoms with Crippen molar-refractivity contribution in [3.63, 3.8) is 0 Å². The maximum atomic E-state index is 12.6. The maximum Gasteiger partial charge on any atom is 0.307 e. The van der Waals surface area contributed by atoms with E-state index in [2.05, 4.69) is 14.9 Å². The highest BCUT2D eigenvalue weighted by atomic mass is 16.5. The molecule has 1 amide bonds. The van der Waals surface area contributed by atoms with E-state index in [1.165, 1.54) is 7.11 Å². The van der Waals surface area contributed by atoms with Crippen molar-refractivity contribution in [1.82, 2.24) is 15.0 Å². The molecular formula is C19H25N3O4. The lowest BCUT2D eigenvalue weighted by atomic mass is 10.2. The summed E-state index contributed by atoms with van der Waals surface area (Å²) in [6.07, 6.45) is 2.50. The van der Waals surface area contributed by atoms with Gasteiger partial charge in [-0.3, -0.25) is 9.59 Å². The molecule has 0 aliphatic carbocycles. The molecule has 2 rings (SSSR count). The lowest BCUT2D eigenvalue weighted by Crippen LogP contribution is -2.33.